The van der Waals surface area contributed by atoms with Crippen LogP contribution in [0.4, 0.5) is 10.1 Å². The number of nitrogens with one attached hydrogen (secondary N) is 1. The maximum Gasteiger partial charge on any atom is 0.271 e. The summed E-state index contributed by atoms with van der Waals surface area (Å²) in [5.41, 5.74) is 3.55. The van der Waals surface area contributed by atoms with Gasteiger partial charge in [-0.15, -0.1) is 0 Å². The number of amides is 1. The first kappa shape index (κ1) is 22.4. The number of non-ortho nitro benzene ring substituents is 1. The normalized spacial score (nSPS) is 10.7. The molecule has 3 aromatic carbocycles. The van der Waals surface area contributed by atoms with Crippen LogP contribution in [0.5, 0.6) is 11.5 Å². The van der Waals surface area contributed by atoms with Gasteiger partial charge in [-0.3, -0.25) is 14.9 Å². The predicted octanol–water partition coefficient (Wildman–Crippen LogP) is 4.48. The van der Waals surface area contributed by atoms with E-state index in [2.05, 4.69) is 10.5 Å². The van der Waals surface area contributed by atoms with Crippen LogP contribution in [0.25, 0.3) is 0 Å². The van der Waals surface area contributed by atoms with Gasteiger partial charge in [0.2, 0.25) is 0 Å². The molecule has 0 spiro atoms. The molecular weight excluding hydrogens is 417 g/mol. The number of hydrogen-bond acceptors (Lipinski definition) is 6. The van der Waals surface area contributed by atoms with Gasteiger partial charge in [0.25, 0.3) is 11.6 Å². The minimum absolute atomic E-state index is 0.0471. The van der Waals surface area contributed by atoms with E-state index in [1.54, 1.807) is 36.4 Å². The average Bonchev–Trinajstić information content (AvgIpc) is 2.79. The number of carbonyl (C=O) groups excluding carboxylic acids is 1. The van der Waals surface area contributed by atoms with Crippen LogP contribution in [0, 0.1) is 15.9 Å². The van der Waals surface area contributed by atoms with Crippen molar-refractivity contribution in [2.45, 2.75) is 13.5 Å². The third-order valence-electron chi connectivity index (χ3n) is 4.33. The van der Waals surface area contributed by atoms with E-state index in [9.17, 15) is 19.3 Å². The van der Waals surface area contributed by atoms with Gasteiger partial charge in [-0.25, -0.2) is 9.82 Å². The number of rotatable bonds is 9. The van der Waals surface area contributed by atoms with Crippen molar-refractivity contribution < 1.29 is 23.6 Å². The molecule has 0 heterocycles. The maximum atomic E-state index is 13.8. The van der Waals surface area contributed by atoms with Crippen LogP contribution < -0.4 is 14.9 Å². The topological polar surface area (TPSA) is 103 Å². The lowest BCUT2D eigenvalue weighted by Gasteiger charge is -2.13. The number of halogens is 1. The Labute approximate surface area is 183 Å². The van der Waals surface area contributed by atoms with Crippen LogP contribution >= 0.6 is 0 Å². The Bertz CT molecular complexity index is 1130. The first-order chi connectivity index (χ1) is 15.5. The van der Waals surface area contributed by atoms with E-state index >= 15 is 0 Å². The summed E-state index contributed by atoms with van der Waals surface area (Å²) in [6.07, 6.45) is 1.42. The number of hydrogen-bond donors (Lipinski definition) is 1. The van der Waals surface area contributed by atoms with Gasteiger partial charge < -0.3 is 9.47 Å². The van der Waals surface area contributed by atoms with E-state index in [0.717, 1.165) is 0 Å². The van der Waals surface area contributed by atoms with Crippen LogP contribution in [0.2, 0.25) is 0 Å². The summed E-state index contributed by atoms with van der Waals surface area (Å²) in [5.74, 6) is 0.0423. The molecule has 0 aromatic heterocycles. The van der Waals surface area contributed by atoms with Gasteiger partial charge in [0.1, 0.15) is 12.4 Å². The van der Waals surface area contributed by atoms with Crippen molar-refractivity contribution in [2.24, 2.45) is 5.10 Å². The first-order valence-electron chi connectivity index (χ1n) is 9.69. The molecule has 0 unspecified atom stereocenters. The number of nitro groups is 1. The summed E-state index contributed by atoms with van der Waals surface area (Å²) in [5, 5.41) is 14.6. The quantitative estimate of drug-likeness (QED) is 0.302. The van der Waals surface area contributed by atoms with E-state index in [1.807, 2.05) is 6.92 Å². The molecule has 1 N–H and O–H groups in total. The fourth-order valence-corrected chi connectivity index (χ4v) is 2.73. The molecule has 0 bridgehead atoms. The van der Waals surface area contributed by atoms with E-state index < -0.39 is 10.8 Å². The number of nitro benzene ring substituents is 1. The molecule has 0 atom stereocenters. The van der Waals surface area contributed by atoms with Crippen molar-refractivity contribution in [3.05, 3.63) is 99.4 Å². The summed E-state index contributed by atoms with van der Waals surface area (Å²) in [6, 6.07) is 16.6. The molecule has 8 nitrogen and oxygen atoms in total. The van der Waals surface area contributed by atoms with E-state index in [-0.39, 0.29) is 23.7 Å². The van der Waals surface area contributed by atoms with Gasteiger partial charge in [-0.2, -0.15) is 5.10 Å². The van der Waals surface area contributed by atoms with Crippen molar-refractivity contribution in [1.29, 1.82) is 0 Å². The van der Waals surface area contributed by atoms with Gasteiger partial charge >= 0.3 is 0 Å². The van der Waals surface area contributed by atoms with Crippen LogP contribution in [-0.4, -0.2) is 23.7 Å². The lowest BCUT2D eigenvalue weighted by molar-refractivity contribution is -0.384. The predicted molar refractivity (Wildman–Crippen MR) is 116 cm³/mol. The molecule has 1 amide bonds. The van der Waals surface area contributed by atoms with Gasteiger partial charge in [-0.1, -0.05) is 18.2 Å². The molecule has 0 saturated carbocycles. The summed E-state index contributed by atoms with van der Waals surface area (Å²) >= 11 is 0. The van der Waals surface area contributed by atoms with E-state index in [1.165, 1.54) is 36.5 Å². The van der Waals surface area contributed by atoms with Gasteiger partial charge in [-0.05, 0) is 48.9 Å². The molecule has 32 heavy (non-hydrogen) atoms. The molecule has 3 rings (SSSR count). The molecule has 3 aromatic rings. The lowest BCUT2D eigenvalue weighted by atomic mass is 10.2. The Morgan fingerprint density at radius 2 is 1.84 bits per heavy atom. The van der Waals surface area contributed by atoms with E-state index in [4.69, 9.17) is 9.47 Å². The number of benzene rings is 3. The Balaban J connectivity index is 1.65. The Morgan fingerprint density at radius 3 is 2.53 bits per heavy atom. The zero-order chi connectivity index (χ0) is 22.9. The van der Waals surface area contributed by atoms with Crippen LogP contribution in [-0.2, 0) is 6.61 Å². The number of hydrazone groups is 1. The van der Waals surface area contributed by atoms with Crippen molar-refractivity contribution in [3.8, 4) is 11.5 Å². The highest BCUT2D eigenvalue weighted by molar-refractivity contribution is 5.95. The van der Waals surface area contributed by atoms with Crippen molar-refractivity contribution in [1.82, 2.24) is 5.43 Å². The minimum atomic E-state index is -0.542. The standard InChI is InChI=1S/C23H20FN3O5/c1-2-31-22-13-16(7-12-21(22)32-15-18-5-3-4-6-20(18)24)14-25-26-23(28)17-8-10-19(11-9-17)27(29)30/h3-14H,2,15H2,1H3,(H,26,28)/b25-14+. The Hall–Kier alpha value is -4.27. The second-order valence-corrected chi connectivity index (χ2v) is 6.52. The molecule has 9 heteroatoms. The summed E-state index contributed by atoms with van der Waals surface area (Å²) in [4.78, 5) is 22.3. The van der Waals surface area contributed by atoms with Crippen LogP contribution in [0.15, 0.2) is 71.8 Å². The summed E-state index contributed by atoms with van der Waals surface area (Å²) < 4.78 is 25.1. The molecule has 0 saturated heterocycles. The van der Waals surface area contributed by atoms with Crippen molar-refractivity contribution in [3.63, 3.8) is 0 Å². The van der Waals surface area contributed by atoms with Gasteiger partial charge in [0.05, 0.1) is 17.7 Å². The second-order valence-electron chi connectivity index (χ2n) is 6.52. The largest absolute Gasteiger partial charge is 0.490 e. The van der Waals surface area contributed by atoms with Crippen molar-refractivity contribution >= 4 is 17.8 Å². The average molecular weight is 437 g/mol. The molecule has 0 aliphatic heterocycles. The zero-order valence-corrected chi connectivity index (χ0v) is 17.2. The van der Waals surface area contributed by atoms with Crippen LogP contribution in [0.3, 0.4) is 0 Å². The molecule has 0 aliphatic rings. The zero-order valence-electron chi connectivity index (χ0n) is 17.2. The highest BCUT2D eigenvalue weighted by Gasteiger charge is 2.10. The SMILES string of the molecule is CCOc1cc(/C=N/NC(=O)c2ccc([N+](=O)[O-])cc2)ccc1OCc1ccccc1F. The molecule has 0 fully saturated rings. The first-order valence-corrected chi connectivity index (χ1v) is 9.69. The highest BCUT2D eigenvalue weighted by atomic mass is 19.1. The van der Waals surface area contributed by atoms with Crippen molar-refractivity contribution in [2.75, 3.05) is 6.61 Å². The molecular formula is C23H20FN3O5. The number of ether oxygens (including phenoxy) is 2. The molecule has 0 radical (unpaired) electrons. The third-order valence-corrected chi connectivity index (χ3v) is 4.33. The lowest BCUT2D eigenvalue weighted by Crippen LogP contribution is -2.17. The fourth-order valence-electron chi connectivity index (χ4n) is 2.73. The highest BCUT2D eigenvalue weighted by Crippen LogP contribution is 2.29. The van der Waals surface area contributed by atoms with E-state index in [0.29, 0.717) is 29.2 Å². The summed E-state index contributed by atoms with van der Waals surface area (Å²) in [7, 11) is 0. The Kier molecular flexibility index (Phi) is 7.47. The molecule has 0 aliphatic carbocycles. The monoisotopic (exact) mass is 437 g/mol. The van der Waals surface area contributed by atoms with Gasteiger partial charge in [0, 0.05) is 23.3 Å². The summed E-state index contributed by atoms with van der Waals surface area (Å²) in [6.45, 7) is 2.27. The van der Waals surface area contributed by atoms with Crippen LogP contribution in [0.1, 0.15) is 28.4 Å². The third kappa shape index (κ3) is 5.88. The number of nitrogens with zero attached hydrogens (tertiary/aromatic N) is 2. The smallest absolute Gasteiger partial charge is 0.271 e. The maximum absolute atomic E-state index is 13.8. The second kappa shape index (κ2) is 10.7. The minimum Gasteiger partial charge on any atom is -0.490 e. The van der Waals surface area contributed by atoms with Gasteiger partial charge in [0.15, 0.2) is 11.5 Å². The molecule has 164 valence electrons. The Morgan fingerprint density at radius 1 is 1.09 bits per heavy atom. The number of carbonyl (C=O) groups is 1. The fraction of sp³-hybridized carbons (Fsp3) is 0.130.